The van der Waals surface area contributed by atoms with Gasteiger partial charge in [0.05, 0.1) is 11.8 Å². The third kappa shape index (κ3) is 2.15. The molecule has 0 saturated heterocycles. The Bertz CT molecular complexity index is 660. The Morgan fingerprint density at radius 1 is 1.45 bits per heavy atom. The van der Waals surface area contributed by atoms with Crippen molar-refractivity contribution in [3.8, 4) is 0 Å². The van der Waals surface area contributed by atoms with E-state index in [0.29, 0.717) is 5.56 Å². The van der Waals surface area contributed by atoms with Crippen LogP contribution in [0, 0.1) is 6.92 Å². The van der Waals surface area contributed by atoms with Crippen LogP contribution in [0.4, 0.5) is 11.4 Å². The molecule has 20 heavy (non-hydrogen) atoms. The highest BCUT2D eigenvalue weighted by Gasteiger charge is 2.17. The Hall–Kier alpha value is -2.30. The van der Waals surface area contributed by atoms with E-state index < -0.39 is 0 Å². The highest BCUT2D eigenvalue weighted by Crippen LogP contribution is 2.29. The quantitative estimate of drug-likeness (QED) is 0.880. The lowest BCUT2D eigenvalue weighted by Gasteiger charge is -2.21. The Morgan fingerprint density at radius 3 is 3.05 bits per heavy atom. The van der Waals surface area contributed by atoms with Gasteiger partial charge < -0.3 is 10.6 Å². The van der Waals surface area contributed by atoms with Crippen molar-refractivity contribution in [2.24, 2.45) is 7.05 Å². The maximum atomic E-state index is 12.3. The molecule has 0 unspecified atom stereocenters. The summed E-state index contributed by atoms with van der Waals surface area (Å²) in [5.74, 6) is -0.102. The first-order valence-corrected chi connectivity index (χ1v) is 6.82. The largest absolute Gasteiger partial charge is 0.385 e. The van der Waals surface area contributed by atoms with Crippen molar-refractivity contribution in [2.45, 2.75) is 19.8 Å². The van der Waals surface area contributed by atoms with Crippen LogP contribution >= 0.6 is 0 Å². The number of anilines is 2. The van der Waals surface area contributed by atoms with Crippen LogP contribution in [0.1, 0.15) is 28.0 Å². The van der Waals surface area contributed by atoms with Crippen molar-refractivity contribution >= 4 is 17.3 Å². The molecule has 1 aromatic carbocycles. The maximum Gasteiger partial charge on any atom is 0.259 e. The number of nitrogens with zero attached hydrogens (tertiary/aromatic N) is 2. The summed E-state index contributed by atoms with van der Waals surface area (Å²) in [5.41, 5.74) is 4.69. The zero-order chi connectivity index (χ0) is 14.1. The van der Waals surface area contributed by atoms with Crippen LogP contribution in [-0.2, 0) is 13.5 Å². The second-order valence-corrected chi connectivity index (χ2v) is 5.08. The van der Waals surface area contributed by atoms with Gasteiger partial charge in [-0.25, -0.2) is 0 Å². The van der Waals surface area contributed by atoms with Crippen LogP contribution in [0.5, 0.6) is 0 Å². The first-order chi connectivity index (χ1) is 9.66. The molecule has 0 atom stereocenters. The first-order valence-electron chi connectivity index (χ1n) is 6.82. The lowest BCUT2D eigenvalue weighted by atomic mass is 10.0. The SMILES string of the molecule is Cc1c(C(=O)Nc2cccc3c2CCCN3)cnn1C. The molecule has 0 fully saturated rings. The summed E-state index contributed by atoms with van der Waals surface area (Å²) in [4.78, 5) is 12.3. The van der Waals surface area contributed by atoms with E-state index in [1.54, 1.807) is 10.9 Å². The predicted molar refractivity (Wildman–Crippen MR) is 79.2 cm³/mol. The second-order valence-electron chi connectivity index (χ2n) is 5.08. The van der Waals surface area contributed by atoms with Crippen molar-refractivity contribution in [2.75, 3.05) is 17.2 Å². The number of carbonyl (C=O) groups is 1. The number of aromatic nitrogens is 2. The number of aryl methyl sites for hydroxylation is 1. The van der Waals surface area contributed by atoms with E-state index in [9.17, 15) is 4.79 Å². The molecule has 1 aromatic heterocycles. The fourth-order valence-corrected chi connectivity index (χ4v) is 2.54. The number of hydrogen-bond donors (Lipinski definition) is 2. The average molecular weight is 270 g/mol. The summed E-state index contributed by atoms with van der Waals surface area (Å²) in [5, 5.41) is 10.5. The summed E-state index contributed by atoms with van der Waals surface area (Å²) in [7, 11) is 1.83. The lowest BCUT2D eigenvalue weighted by molar-refractivity contribution is 0.102. The summed E-state index contributed by atoms with van der Waals surface area (Å²) >= 11 is 0. The fraction of sp³-hybridized carbons (Fsp3) is 0.333. The van der Waals surface area contributed by atoms with E-state index in [1.807, 2.05) is 26.1 Å². The minimum absolute atomic E-state index is 0.102. The Kier molecular flexibility index (Phi) is 3.18. The number of hydrogen-bond acceptors (Lipinski definition) is 3. The van der Waals surface area contributed by atoms with E-state index in [-0.39, 0.29) is 5.91 Å². The summed E-state index contributed by atoms with van der Waals surface area (Å²) in [6, 6.07) is 5.97. The second kappa shape index (κ2) is 5.00. The Labute approximate surface area is 118 Å². The smallest absolute Gasteiger partial charge is 0.259 e. The van der Waals surface area contributed by atoms with Crippen LogP contribution in [-0.4, -0.2) is 22.2 Å². The van der Waals surface area contributed by atoms with Crippen molar-refractivity contribution in [1.82, 2.24) is 9.78 Å². The minimum Gasteiger partial charge on any atom is -0.385 e. The van der Waals surface area contributed by atoms with Gasteiger partial charge in [0.2, 0.25) is 0 Å². The molecule has 1 aliphatic rings. The van der Waals surface area contributed by atoms with Crippen molar-refractivity contribution < 1.29 is 4.79 Å². The number of amides is 1. The molecule has 2 aromatic rings. The third-order valence-electron chi connectivity index (χ3n) is 3.82. The average Bonchev–Trinajstić information content (AvgIpc) is 2.79. The van der Waals surface area contributed by atoms with Gasteiger partial charge in [0.1, 0.15) is 0 Å². The molecule has 104 valence electrons. The molecule has 0 bridgehead atoms. The van der Waals surface area contributed by atoms with Crippen molar-refractivity contribution in [3.05, 3.63) is 41.2 Å². The van der Waals surface area contributed by atoms with Crippen LogP contribution in [0.2, 0.25) is 0 Å². The molecule has 2 heterocycles. The molecule has 1 aliphatic heterocycles. The monoisotopic (exact) mass is 270 g/mol. The normalized spacial score (nSPS) is 13.5. The van der Waals surface area contributed by atoms with E-state index in [0.717, 1.165) is 36.5 Å². The molecule has 0 aliphatic carbocycles. The van der Waals surface area contributed by atoms with Crippen LogP contribution in [0.3, 0.4) is 0 Å². The number of rotatable bonds is 2. The predicted octanol–water partition coefficient (Wildman–Crippen LogP) is 2.34. The molecule has 1 amide bonds. The number of carbonyl (C=O) groups excluding carboxylic acids is 1. The van der Waals surface area contributed by atoms with Crippen LogP contribution in [0.15, 0.2) is 24.4 Å². The zero-order valence-corrected chi connectivity index (χ0v) is 11.7. The fourth-order valence-electron chi connectivity index (χ4n) is 2.54. The summed E-state index contributed by atoms with van der Waals surface area (Å²) in [6.07, 6.45) is 3.69. The highest BCUT2D eigenvalue weighted by molar-refractivity contribution is 6.05. The van der Waals surface area contributed by atoms with E-state index in [4.69, 9.17) is 0 Å². The molecule has 0 saturated carbocycles. The molecule has 0 radical (unpaired) electrons. The highest BCUT2D eigenvalue weighted by atomic mass is 16.1. The van der Waals surface area contributed by atoms with E-state index in [1.165, 1.54) is 5.56 Å². The van der Waals surface area contributed by atoms with Gasteiger partial charge in [0.15, 0.2) is 0 Å². The Morgan fingerprint density at radius 2 is 2.30 bits per heavy atom. The minimum atomic E-state index is -0.102. The van der Waals surface area contributed by atoms with Crippen molar-refractivity contribution in [3.63, 3.8) is 0 Å². The van der Waals surface area contributed by atoms with Crippen LogP contribution in [0.25, 0.3) is 0 Å². The molecule has 0 spiro atoms. The zero-order valence-electron chi connectivity index (χ0n) is 11.7. The standard InChI is InChI=1S/C15H18N4O/c1-10-12(9-17-19(10)2)15(20)18-14-7-3-6-13-11(14)5-4-8-16-13/h3,6-7,9,16H,4-5,8H2,1-2H3,(H,18,20). The molecule has 5 nitrogen and oxygen atoms in total. The van der Waals surface area contributed by atoms with Gasteiger partial charge in [0, 0.05) is 30.7 Å². The Balaban J connectivity index is 1.88. The van der Waals surface area contributed by atoms with Gasteiger partial charge in [-0.2, -0.15) is 5.10 Å². The van der Waals surface area contributed by atoms with Gasteiger partial charge in [-0.3, -0.25) is 9.48 Å². The van der Waals surface area contributed by atoms with Gasteiger partial charge in [-0.05, 0) is 37.5 Å². The number of nitrogens with one attached hydrogen (secondary N) is 2. The molecule has 5 heteroatoms. The molecule has 3 rings (SSSR count). The van der Waals surface area contributed by atoms with Gasteiger partial charge >= 0.3 is 0 Å². The van der Waals surface area contributed by atoms with E-state index >= 15 is 0 Å². The van der Waals surface area contributed by atoms with Gasteiger partial charge in [0.25, 0.3) is 5.91 Å². The first kappa shape index (κ1) is 12.7. The number of benzene rings is 1. The molecular formula is C15H18N4O. The topological polar surface area (TPSA) is 59.0 Å². The summed E-state index contributed by atoms with van der Waals surface area (Å²) in [6.45, 7) is 2.88. The lowest BCUT2D eigenvalue weighted by Crippen LogP contribution is -2.18. The third-order valence-corrected chi connectivity index (χ3v) is 3.82. The maximum absolute atomic E-state index is 12.3. The van der Waals surface area contributed by atoms with Gasteiger partial charge in [-0.15, -0.1) is 0 Å². The van der Waals surface area contributed by atoms with Gasteiger partial charge in [-0.1, -0.05) is 6.07 Å². The molecular weight excluding hydrogens is 252 g/mol. The van der Waals surface area contributed by atoms with Crippen molar-refractivity contribution in [1.29, 1.82) is 0 Å². The van der Waals surface area contributed by atoms with E-state index in [2.05, 4.69) is 21.8 Å². The van der Waals surface area contributed by atoms with Crippen LogP contribution < -0.4 is 10.6 Å². The molecule has 2 N–H and O–H groups in total. The number of fused-ring (bicyclic) bond motifs is 1. The summed E-state index contributed by atoms with van der Waals surface area (Å²) < 4.78 is 1.71.